The second kappa shape index (κ2) is 8.44. The van der Waals surface area contributed by atoms with Gasteiger partial charge < -0.3 is 15.0 Å². The highest BCUT2D eigenvalue weighted by Gasteiger charge is 2.21. The van der Waals surface area contributed by atoms with Gasteiger partial charge in [0.15, 0.2) is 0 Å². The van der Waals surface area contributed by atoms with Crippen LogP contribution in [0.15, 0.2) is 18.2 Å². The van der Waals surface area contributed by atoms with Gasteiger partial charge in [-0.05, 0) is 43.9 Å². The number of anilines is 1. The molecule has 2 aliphatic heterocycles. The van der Waals surface area contributed by atoms with Gasteiger partial charge in [-0.3, -0.25) is 9.69 Å². The van der Waals surface area contributed by atoms with E-state index in [0.717, 1.165) is 51.1 Å². The fourth-order valence-corrected chi connectivity index (χ4v) is 3.49. The molecule has 2 aliphatic rings. The van der Waals surface area contributed by atoms with Gasteiger partial charge in [-0.25, -0.2) is 4.98 Å². The van der Waals surface area contributed by atoms with Crippen LogP contribution in [0.3, 0.4) is 0 Å². The first-order valence-electron chi connectivity index (χ1n) is 9.00. The molecule has 0 spiro atoms. The van der Waals surface area contributed by atoms with Crippen LogP contribution in [0.4, 0.5) is 5.82 Å². The van der Waals surface area contributed by atoms with E-state index in [-0.39, 0.29) is 5.91 Å². The third-order valence-electron chi connectivity index (χ3n) is 5.09. The van der Waals surface area contributed by atoms with E-state index in [4.69, 9.17) is 4.74 Å². The van der Waals surface area contributed by atoms with E-state index < -0.39 is 0 Å². The minimum atomic E-state index is -0.128. The van der Waals surface area contributed by atoms with Gasteiger partial charge in [-0.15, -0.1) is 0 Å². The molecule has 0 saturated carbocycles. The first-order valence-corrected chi connectivity index (χ1v) is 9.00. The number of nitrogens with one attached hydrogen (secondary N) is 1. The van der Waals surface area contributed by atoms with Crippen molar-refractivity contribution >= 4 is 11.7 Å². The van der Waals surface area contributed by atoms with Crippen molar-refractivity contribution in [1.29, 1.82) is 0 Å². The van der Waals surface area contributed by atoms with E-state index in [0.29, 0.717) is 5.69 Å². The zero-order valence-electron chi connectivity index (χ0n) is 14.5. The molecule has 1 N–H and O–H groups in total. The number of rotatable bonds is 5. The van der Waals surface area contributed by atoms with Crippen LogP contribution < -0.4 is 10.2 Å². The van der Waals surface area contributed by atoms with Crippen molar-refractivity contribution in [2.45, 2.75) is 19.3 Å². The maximum absolute atomic E-state index is 11.7. The topological polar surface area (TPSA) is 57.7 Å². The molecule has 0 radical (unpaired) electrons. The molecule has 3 heterocycles. The van der Waals surface area contributed by atoms with E-state index in [1.807, 2.05) is 12.1 Å². The van der Waals surface area contributed by atoms with Gasteiger partial charge in [0.1, 0.15) is 11.5 Å². The van der Waals surface area contributed by atoms with E-state index in [9.17, 15) is 4.79 Å². The monoisotopic (exact) mass is 332 g/mol. The summed E-state index contributed by atoms with van der Waals surface area (Å²) in [5.41, 5.74) is 0.490. The fraction of sp³-hybridized carbons (Fsp3) is 0.667. The van der Waals surface area contributed by atoms with Crippen molar-refractivity contribution < 1.29 is 9.53 Å². The molecule has 0 aliphatic carbocycles. The average molecular weight is 332 g/mol. The minimum absolute atomic E-state index is 0.128. The van der Waals surface area contributed by atoms with E-state index in [2.05, 4.69) is 20.1 Å². The standard InChI is InChI=1S/C18H28N4O2/c1-19-18(23)16-3-2-4-17(20-16)22-9-6-15(7-10-22)5-8-21-11-13-24-14-12-21/h2-4,15H,5-14H2,1H3,(H,19,23). The maximum atomic E-state index is 11.7. The largest absolute Gasteiger partial charge is 0.379 e. The van der Waals surface area contributed by atoms with Crippen LogP contribution in [0.2, 0.25) is 0 Å². The molecular weight excluding hydrogens is 304 g/mol. The van der Waals surface area contributed by atoms with Crippen LogP contribution in [0.5, 0.6) is 0 Å². The number of ether oxygens (including phenoxy) is 1. The average Bonchev–Trinajstić information content (AvgIpc) is 2.67. The third-order valence-corrected chi connectivity index (χ3v) is 5.09. The number of nitrogens with zero attached hydrogens (tertiary/aromatic N) is 3. The Hall–Kier alpha value is -1.66. The first-order chi connectivity index (χ1) is 11.8. The fourth-order valence-electron chi connectivity index (χ4n) is 3.49. The number of aromatic nitrogens is 1. The second-order valence-electron chi connectivity index (χ2n) is 6.63. The molecule has 132 valence electrons. The molecule has 3 rings (SSSR count). The number of pyridine rings is 1. The molecule has 1 amide bonds. The summed E-state index contributed by atoms with van der Waals surface area (Å²) in [7, 11) is 1.64. The zero-order chi connectivity index (χ0) is 16.8. The molecule has 1 aromatic heterocycles. The molecule has 0 aromatic carbocycles. The predicted octanol–water partition coefficient (Wildman–Crippen LogP) is 1.38. The number of amides is 1. The van der Waals surface area contributed by atoms with Crippen molar-refractivity contribution in [1.82, 2.24) is 15.2 Å². The van der Waals surface area contributed by atoms with Crippen molar-refractivity contribution in [2.24, 2.45) is 5.92 Å². The Morgan fingerprint density at radius 1 is 1.25 bits per heavy atom. The SMILES string of the molecule is CNC(=O)c1cccc(N2CCC(CCN3CCOCC3)CC2)n1. The Balaban J connectivity index is 1.47. The molecule has 2 saturated heterocycles. The highest BCUT2D eigenvalue weighted by Crippen LogP contribution is 2.24. The number of carbonyl (C=O) groups is 1. The molecule has 2 fully saturated rings. The van der Waals surface area contributed by atoms with E-state index in [1.165, 1.54) is 25.8 Å². The Bertz CT molecular complexity index is 538. The highest BCUT2D eigenvalue weighted by atomic mass is 16.5. The van der Waals surface area contributed by atoms with Gasteiger partial charge in [0.2, 0.25) is 0 Å². The zero-order valence-corrected chi connectivity index (χ0v) is 14.5. The molecule has 24 heavy (non-hydrogen) atoms. The Labute approximate surface area is 144 Å². The molecular formula is C18H28N4O2. The number of carbonyl (C=O) groups excluding carboxylic acids is 1. The van der Waals surface area contributed by atoms with Gasteiger partial charge in [-0.1, -0.05) is 6.07 Å². The number of hydrogen-bond acceptors (Lipinski definition) is 5. The predicted molar refractivity (Wildman–Crippen MR) is 94.4 cm³/mol. The lowest BCUT2D eigenvalue weighted by atomic mass is 9.93. The van der Waals surface area contributed by atoms with Crippen LogP contribution in [0.25, 0.3) is 0 Å². The number of hydrogen-bond donors (Lipinski definition) is 1. The van der Waals surface area contributed by atoms with Crippen molar-refractivity contribution in [3.05, 3.63) is 23.9 Å². The maximum Gasteiger partial charge on any atom is 0.269 e. The molecule has 0 bridgehead atoms. The van der Waals surface area contributed by atoms with Gasteiger partial charge in [-0.2, -0.15) is 0 Å². The second-order valence-corrected chi connectivity index (χ2v) is 6.63. The summed E-state index contributed by atoms with van der Waals surface area (Å²) >= 11 is 0. The molecule has 0 unspecified atom stereocenters. The van der Waals surface area contributed by atoms with E-state index in [1.54, 1.807) is 13.1 Å². The summed E-state index contributed by atoms with van der Waals surface area (Å²) in [6, 6.07) is 5.68. The summed E-state index contributed by atoms with van der Waals surface area (Å²) in [6.45, 7) is 7.16. The van der Waals surface area contributed by atoms with Crippen molar-refractivity contribution in [2.75, 3.05) is 57.9 Å². The van der Waals surface area contributed by atoms with Crippen molar-refractivity contribution in [3.8, 4) is 0 Å². The normalized spacial score (nSPS) is 20.1. The van der Waals surface area contributed by atoms with Gasteiger partial charge in [0.25, 0.3) is 5.91 Å². The van der Waals surface area contributed by atoms with Crippen LogP contribution in [-0.2, 0) is 4.74 Å². The molecule has 6 heteroatoms. The summed E-state index contributed by atoms with van der Waals surface area (Å²) < 4.78 is 5.41. The highest BCUT2D eigenvalue weighted by molar-refractivity contribution is 5.92. The van der Waals surface area contributed by atoms with Crippen LogP contribution >= 0.6 is 0 Å². The smallest absolute Gasteiger partial charge is 0.269 e. The summed E-state index contributed by atoms with van der Waals surface area (Å²) in [5.74, 6) is 1.59. The number of morpholine rings is 1. The molecule has 1 aromatic rings. The lowest BCUT2D eigenvalue weighted by Crippen LogP contribution is -2.39. The van der Waals surface area contributed by atoms with Gasteiger partial charge in [0.05, 0.1) is 13.2 Å². The Kier molecular flexibility index (Phi) is 6.04. The summed E-state index contributed by atoms with van der Waals surface area (Å²) in [4.78, 5) is 21.1. The van der Waals surface area contributed by atoms with Crippen LogP contribution in [-0.4, -0.2) is 68.8 Å². The molecule has 6 nitrogen and oxygen atoms in total. The first kappa shape index (κ1) is 17.2. The van der Waals surface area contributed by atoms with Crippen molar-refractivity contribution in [3.63, 3.8) is 0 Å². The Morgan fingerprint density at radius 2 is 2.00 bits per heavy atom. The lowest BCUT2D eigenvalue weighted by molar-refractivity contribution is 0.0349. The summed E-state index contributed by atoms with van der Waals surface area (Å²) in [6.07, 6.45) is 3.69. The third kappa shape index (κ3) is 4.45. The minimum Gasteiger partial charge on any atom is -0.379 e. The Morgan fingerprint density at radius 3 is 2.71 bits per heavy atom. The van der Waals surface area contributed by atoms with Gasteiger partial charge in [0, 0.05) is 33.2 Å². The lowest BCUT2D eigenvalue weighted by Gasteiger charge is -2.34. The number of piperidine rings is 1. The summed E-state index contributed by atoms with van der Waals surface area (Å²) in [5, 5.41) is 2.63. The quantitative estimate of drug-likeness (QED) is 0.883. The van der Waals surface area contributed by atoms with Gasteiger partial charge >= 0.3 is 0 Å². The van der Waals surface area contributed by atoms with E-state index >= 15 is 0 Å². The van der Waals surface area contributed by atoms with Crippen LogP contribution in [0.1, 0.15) is 29.8 Å². The molecule has 0 atom stereocenters. The van der Waals surface area contributed by atoms with Crippen LogP contribution in [0, 0.1) is 5.92 Å².